The molecule has 0 saturated carbocycles. The Labute approximate surface area is 172 Å². The topological polar surface area (TPSA) is 49.6 Å². The number of hydrogen-bond donors (Lipinski definition) is 1. The lowest BCUT2D eigenvalue weighted by Gasteiger charge is -2.35. The second kappa shape index (κ2) is 10.0. The second-order valence-electron chi connectivity index (χ2n) is 6.27. The average Bonchev–Trinajstić information content (AvgIpc) is 2.57. The van der Waals surface area contributed by atoms with Crippen molar-refractivity contribution < 1.29 is 4.79 Å². The van der Waals surface area contributed by atoms with E-state index in [0.29, 0.717) is 11.3 Å². The quantitative estimate of drug-likeness (QED) is 0.768. The number of aryl methyl sites for hydroxylation is 1. The van der Waals surface area contributed by atoms with Crippen LogP contribution < -0.4 is 5.73 Å². The summed E-state index contributed by atoms with van der Waals surface area (Å²) >= 11 is 6.04. The minimum absolute atomic E-state index is 0. The summed E-state index contributed by atoms with van der Waals surface area (Å²) < 4.78 is 0. The molecule has 1 heterocycles. The van der Waals surface area contributed by atoms with Crippen molar-refractivity contribution in [3.63, 3.8) is 0 Å². The van der Waals surface area contributed by atoms with Gasteiger partial charge in [-0.3, -0.25) is 9.69 Å². The number of piperazine rings is 1. The fraction of sp³-hybridized carbons (Fsp3) is 0.316. The Hall–Kier alpha value is -1.46. The molecule has 1 fully saturated rings. The molecule has 0 aliphatic carbocycles. The molecule has 1 aliphatic heterocycles. The lowest BCUT2D eigenvalue weighted by molar-refractivity contribution is 0.0628. The van der Waals surface area contributed by atoms with Crippen molar-refractivity contribution in [3.05, 3.63) is 64.2 Å². The molecule has 1 aliphatic rings. The van der Waals surface area contributed by atoms with Gasteiger partial charge in [0.1, 0.15) is 0 Å². The maximum atomic E-state index is 12.7. The summed E-state index contributed by atoms with van der Waals surface area (Å²) in [6, 6.07) is 13.4. The van der Waals surface area contributed by atoms with Crippen molar-refractivity contribution in [3.8, 4) is 0 Å². The van der Waals surface area contributed by atoms with Gasteiger partial charge in [0, 0.05) is 49.0 Å². The normalized spacial score (nSPS) is 14.3. The van der Waals surface area contributed by atoms with Crippen molar-refractivity contribution >= 4 is 48.0 Å². The van der Waals surface area contributed by atoms with Gasteiger partial charge in [-0.2, -0.15) is 0 Å². The molecule has 1 saturated heterocycles. The first-order valence-corrected chi connectivity index (χ1v) is 8.53. The number of halogens is 3. The summed E-state index contributed by atoms with van der Waals surface area (Å²) in [5.41, 5.74) is 9.33. The fourth-order valence-electron chi connectivity index (χ4n) is 3.04. The zero-order chi connectivity index (χ0) is 17.1. The summed E-state index contributed by atoms with van der Waals surface area (Å²) in [5.74, 6) is 0.0715. The predicted octanol–water partition coefficient (Wildman–Crippen LogP) is 4.03. The number of amides is 1. The SMILES string of the molecule is Cc1ccc(N)cc1C(=O)N1CCN(Cc2cccc(Cl)c2)CC1.Cl.Cl. The van der Waals surface area contributed by atoms with Crippen molar-refractivity contribution in [1.29, 1.82) is 0 Å². The number of nitrogens with zero attached hydrogens (tertiary/aromatic N) is 2. The van der Waals surface area contributed by atoms with Crippen LogP contribution in [0.5, 0.6) is 0 Å². The van der Waals surface area contributed by atoms with E-state index in [2.05, 4.69) is 11.0 Å². The first kappa shape index (κ1) is 22.6. The van der Waals surface area contributed by atoms with Crippen LogP contribution in [0, 0.1) is 6.92 Å². The van der Waals surface area contributed by atoms with Gasteiger partial charge in [0.15, 0.2) is 0 Å². The minimum atomic E-state index is 0. The summed E-state index contributed by atoms with van der Waals surface area (Å²) in [6.45, 7) is 5.99. The van der Waals surface area contributed by atoms with Crippen LogP contribution in [0.4, 0.5) is 5.69 Å². The molecule has 0 bridgehead atoms. The molecule has 2 aromatic carbocycles. The zero-order valence-corrected chi connectivity index (χ0v) is 17.0. The van der Waals surface area contributed by atoms with Gasteiger partial charge in [-0.25, -0.2) is 0 Å². The van der Waals surface area contributed by atoms with Crippen LogP contribution in [0.25, 0.3) is 0 Å². The van der Waals surface area contributed by atoms with Crippen LogP contribution in [0.2, 0.25) is 5.02 Å². The number of rotatable bonds is 3. The van der Waals surface area contributed by atoms with Crippen LogP contribution >= 0.6 is 36.4 Å². The Bertz CT molecular complexity index is 747. The molecular weight excluding hydrogens is 393 g/mol. The lowest BCUT2D eigenvalue weighted by atomic mass is 10.1. The van der Waals surface area contributed by atoms with Gasteiger partial charge in [-0.05, 0) is 42.3 Å². The fourth-order valence-corrected chi connectivity index (χ4v) is 3.26. The monoisotopic (exact) mass is 415 g/mol. The summed E-state index contributed by atoms with van der Waals surface area (Å²) in [5, 5.41) is 0.762. The Balaban J connectivity index is 0.00000169. The highest BCUT2D eigenvalue weighted by atomic mass is 35.5. The van der Waals surface area contributed by atoms with Gasteiger partial charge < -0.3 is 10.6 Å². The number of benzene rings is 2. The third kappa shape index (κ3) is 5.52. The minimum Gasteiger partial charge on any atom is -0.399 e. The average molecular weight is 417 g/mol. The number of anilines is 1. The standard InChI is InChI=1S/C19H22ClN3O.2ClH/c1-14-5-6-17(21)12-18(14)19(24)23-9-7-22(8-10-23)13-15-3-2-4-16(20)11-15;;/h2-6,11-12H,7-10,13,21H2,1H3;2*1H. The van der Waals surface area contributed by atoms with E-state index in [4.69, 9.17) is 17.3 Å². The van der Waals surface area contributed by atoms with Crippen LogP contribution in [0.1, 0.15) is 21.5 Å². The van der Waals surface area contributed by atoms with E-state index < -0.39 is 0 Å². The lowest BCUT2D eigenvalue weighted by Crippen LogP contribution is -2.48. The Morgan fingerprint density at radius 1 is 1.08 bits per heavy atom. The van der Waals surface area contributed by atoms with E-state index >= 15 is 0 Å². The van der Waals surface area contributed by atoms with Crippen LogP contribution in [-0.2, 0) is 6.54 Å². The molecule has 26 heavy (non-hydrogen) atoms. The van der Waals surface area contributed by atoms with Crippen molar-refractivity contribution in [2.24, 2.45) is 0 Å². The molecule has 1 amide bonds. The molecule has 142 valence electrons. The summed E-state index contributed by atoms with van der Waals surface area (Å²) in [4.78, 5) is 17.0. The van der Waals surface area contributed by atoms with E-state index in [-0.39, 0.29) is 30.7 Å². The zero-order valence-electron chi connectivity index (χ0n) is 14.7. The molecule has 0 atom stereocenters. The molecule has 4 nitrogen and oxygen atoms in total. The molecule has 0 radical (unpaired) electrons. The molecule has 7 heteroatoms. The van der Waals surface area contributed by atoms with Crippen LogP contribution in [0.3, 0.4) is 0 Å². The van der Waals surface area contributed by atoms with Crippen molar-refractivity contribution in [1.82, 2.24) is 9.80 Å². The molecule has 3 rings (SSSR count). The van der Waals surface area contributed by atoms with Gasteiger partial charge in [0.05, 0.1) is 0 Å². The van der Waals surface area contributed by atoms with E-state index in [9.17, 15) is 4.79 Å². The van der Waals surface area contributed by atoms with E-state index in [1.165, 1.54) is 5.56 Å². The number of nitrogen functional groups attached to an aromatic ring is 1. The molecule has 0 unspecified atom stereocenters. The molecule has 0 aromatic heterocycles. The molecule has 2 aromatic rings. The van der Waals surface area contributed by atoms with Gasteiger partial charge >= 0.3 is 0 Å². The molecule has 2 N–H and O–H groups in total. The largest absolute Gasteiger partial charge is 0.399 e. The van der Waals surface area contributed by atoms with Gasteiger partial charge in [-0.15, -0.1) is 24.8 Å². The maximum absolute atomic E-state index is 12.7. The number of carbonyl (C=O) groups is 1. The van der Waals surface area contributed by atoms with E-state index in [1.807, 2.05) is 42.2 Å². The third-order valence-corrected chi connectivity index (χ3v) is 4.68. The summed E-state index contributed by atoms with van der Waals surface area (Å²) in [6.07, 6.45) is 0. The van der Waals surface area contributed by atoms with Crippen LogP contribution in [-0.4, -0.2) is 41.9 Å². The van der Waals surface area contributed by atoms with Gasteiger partial charge in [-0.1, -0.05) is 29.8 Å². The summed E-state index contributed by atoms with van der Waals surface area (Å²) in [7, 11) is 0. The Morgan fingerprint density at radius 3 is 2.42 bits per heavy atom. The molecule has 0 spiro atoms. The van der Waals surface area contributed by atoms with E-state index in [0.717, 1.165) is 43.3 Å². The molecular formula is C19H24Cl3N3O. The van der Waals surface area contributed by atoms with Crippen molar-refractivity contribution in [2.75, 3.05) is 31.9 Å². The second-order valence-corrected chi connectivity index (χ2v) is 6.71. The Kier molecular flexibility index (Phi) is 8.71. The highest BCUT2D eigenvalue weighted by molar-refractivity contribution is 6.30. The van der Waals surface area contributed by atoms with Crippen LogP contribution in [0.15, 0.2) is 42.5 Å². The predicted molar refractivity (Wildman–Crippen MR) is 113 cm³/mol. The smallest absolute Gasteiger partial charge is 0.254 e. The highest BCUT2D eigenvalue weighted by Crippen LogP contribution is 2.18. The number of hydrogen-bond acceptors (Lipinski definition) is 3. The van der Waals surface area contributed by atoms with Gasteiger partial charge in [0.25, 0.3) is 5.91 Å². The number of nitrogens with two attached hydrogens (primary N) is 1. The maximum Gasteiger partial charge on any atom is 0.254 e. The van der Waals surface area contributed by atoms with E-state index in [1.54, 1.807) is 6.07 Å². The first-order valence-electron chi connectivity index (χ1n) is 8.15. The highest BCUT2D eigenvalue weighted by Gasteiger charge is 2.23. The number of carbonyl (C=O) groups excluding carboxylic acids is 1. The van der Waals surface area contributed by atoms with Gasteiger partial charge in [0.2, 0.25) is 0 Å². The Morgan fingerprint density at radius 2 is 1.77 bits per heavy atom. The third-order valence-electron chi connectivity index (χ3n) is 4.45. The van der Waals surface area contributed by atoms with Crippen molar-refractivity contribution in [2.45, 2.75) is 13.5 Å². The first-order chi connectivity index (χ1) is 11.5.